The summed E-state index contributed by atoms with van der Waals surface area (Å²) in [4.78, 5) is 0. The van der Waals surface area contributed by atoms with Gasteiger partial charge >= 0.3 is 0 Å². The van der Waals surface area contributed by atoms with Gasteiger partial charge in [-0.1, -0.05) is 29.8 Å². The van der Waals surface area contributed by atoms with E-state index >= 15 is 0 Å². The molecule has 0 radical (unpaired) electrons. The van der Waals surface area contributed by atoms with Crippen molar-refractivity contribution in [3.05, 3.63) is 34.1 Å². The van der Waals surface area contributed by atoms with Gasteiger partial charge in [0.15, 0.2) is 0 Å². The van der Waals surface area contributed by atoms with Crippen LogP contribution in [-0.2, 0) is 0 Å². The molecule has 1 fully saturated rings. The van der Waals surface area contributed by atoms with E-state index in [-0.39, 0.29) is 23.2 Å². The summed E-state index contributed by atoms with van der Waals surface area (Å²) >= 11 is 3.39. The highest BCUT2D eigenvalue weighted by Gasteiger charge is 2.49. The van der Waals surface area contributed by atoms with E-state index in [4.69, 9.17) is 5.73 Å². The van der Waals surface area contributed by atoms with Gasteiger partial charge in [0.2, 0.25) is 0 Å². The minimum atomic E-state index is -0.111. The number of hydrogen-bond acceptors (Lipinski definition) is 1. The number of benzene rings is 1. The molecule has 1 aliphatic rings. The van der Waals surface area contributed by atoms with Crippen molar-refractivity contribution in [2.45, 2.75) is 38.6 Å². The van der Waals surface area contributed by atoms with Crippen LogP contribution in [0.4, 0.5) is 4.39 Å². The summed E-state index contributed by atoms with van der Waals surface area (Å²) in [5.74, 6) is 0.143. The van der Waals surface area contributed by atoms with Crippen molar-refractivity contribution in [2.75, 3.05) is 0 Å². The molecule has 1 aromatic rings. The molecule has 1 aromatic carbocycles. The maximum absolute atomic E-state index is 13.8. The van der Waals surface area contributed by atoms with Crippen molar-refractivity contribution in [2.24, 2.45) is 11.1 Å². The summed E-state index contributed by atoms with van der Waals surface area (Å²) in [6, 6.07) is 5.35. The van der Waals surface area contributed by atoms with E-state index in [9.17, 15) is 4.39 Å². The van der Waals surface area contributed by atoms with Crippen molar-refractivity contribution in [1.82, 2.24) is 0 Å². The van der Waals surface area contributed by atoms with Crippen LogP contribution >= 0.6 is 15.9 Å². The molecule has 2 N–H and O–H groups in total. The highest BCUT2D eigenvalue weighted by atomic mass is 79.9. The van der Waals surface area contributed by atoms with Gasteiger partial charge in [0.1, 0.15) is 5.82 Å². The molecule has 0 saturated heterocycles. The van der Waals surface area contributed by atoms with Crippen LogP contribution in [0.1, 0.15) is 38.2 Å². The molecule has 3 heteroatoms. The summed E-state index contributed by atoms with van der Waals surface area (Å²) in [6.07, 6.45) is 1.88. The zero-order valence-corrected chi connectivity index (χ0v) is 11.2. The lowest BCUT2D eigenvalue weighted by molar-refractivity contribution is 0.0682. The molecule has 1 nitrogen and oxygen atoms in total. The number of nitrogens with two attached hydrogens (primary N) is 1. The molecule has 0 aliphatic heterocycles. The summed E-state index contributed by atoms with van der Waals surface area (Å²) in [6.45, 7) is 4.29. The Bertz CT molecular complexity index is 407. The second-order valence-corrected chi connectivity index (χ2v) is 5.84. The number of halogens is 2. The molecule has 1 aliphatic carbocycles. The van der Waals surface area contributed by atoms with Gasteiger partial charge in [-0.05, 0) is 47.9 Å². The Balaban J connectivity index is 2.36. The zero-order chi connectivity index (χ0) is 11.9. The van der Waals surface area contributed by atoms with E-state index in [2.05, 4.69) is 29.8 Å². The Morgan fingerprint density at radius 3 is 2.81 bits per heavy atom. The van der Waals surface area contributed by atoms with Gasteiger partial charge in [0.25, 0.3) is 0 Å². The summed E-state index contributed by atoms with van der Waals surface area (Å²) < 4.78 is 14.7. The van der Waals surface area contributed by atoms with Gasteiger partial charge < -0.3 is 5.73 Å². The molecule has 0 amide bonds. The molecular weight excluding hydrogens is 269 g/mol. The van der Waals surface area contributed by atoms with Crippen LogP contribution in [0.2, 0.25) is 0 Å². The largest absolute Gasteiger partial charge is 0.327 e. The van der Waals surface area contributed by atoms with Crippen LogP contribution in [0.15, 0.2) is 22.7 Å². The summed E-state index contributed by atoms with van der Waals surface area (Å²) in [5.41, 5.74) is 6.90. The SMILES string of the molecule is CCC1(C)C(N)CC1c1cc(Br)ccc1F. The van der Waals surface area contributed by atoms with Gasteiger partial charge in [-0.25, -0.2) is 4.39 Å². The third-order valence-corrected chi connectivity index (χ3v) is 4.72. The average molecular weight is 286 g/mol. The van der Waals surface area contributed by atoms with Crippen LogP contribution in [0.5, 0.6) is 0 Å². The van der Waals surface area contributed by atoms with Gasteiger partial charge in [-0.3, -0.25) is 0 Å². The summed E-state index contributed by atoms with van der Waals surface area (Å²) in [7, 11) is 0. The Morgan fingerprint density at radius 2 is 2.25 bits per heavy atom. The molecular formula is C13H17BrFN. The third-order valence-electron chi connectivity index (χ3n) is 4.23. The lowest BCUT2D eigenvalue weighted by atomic mass is 9.54. The maximum atomic E-state index is 13.8. The Labute approximate surface area is 104 Å². The normalized spacial score (nSPS) is 33.6. The molecule has 2 rings (SSSR count). The molecule has 1 saturated carbocycles. The second-order valence-electron chi connectivity index (χ2n) is 4.92. The standard InChI is InChI=1S/C13H17BrFN/c1-3-13(2)10(7-12(13)16)9-6-8(14)4-5-11(9)15/h4-6,10,12H,3,7,16H2,1-2H3. The molecule has 0 bridgehead atoms. The Hall–Kier alpha value is -0.410. The fourth-order valence-electron chi connectivity index (χ4n) is 2.66. The smallest absolute Gasteiger partial charge is 0.126 e. The maximum Gasteiger partial charge on any atom is 0.126 e. The average Bonchev–Trinajstić information content (AvgIpc) is 2.28. The molecule has 3 atom stereocenters. The second kappa shape index (κ2) is 4.11. The van der Waals surface area contributed by atoms with Crippen LogP contribution in [0.25, 0.3) is 0 Å². The minimum absolute atomic E-state index is 0.0433. The van der Waals surface area contributed by atoms with Crippen molar-refractivity contribution in [1.29, 1.82) is 0 Å². The van der Waals surface area contributed by atoms with Gasteiger partial charge in [-0.15, -0.1) is 0 Å². The Morgan fingerprint density at radius 1 is 1.56 bits per heavy atom. The number of rotatable bonds is 2. The summed E-state index contributed by atoms with van der Waals surface area (Å²) in [5, 5.41) is 0. The van der Waals surface area contributed by atoms with Crippen LogP contribution in [-0.4, -0.2) is 6.04 Å². The molecule has 0 aromatic heterocycles. The molecule has 3 unspecified atom stereocenters. The molecule has 0 heterocycles. The van der Waals surface area contributed by atoms with Gasteiger partial charge in [0.05, 0.1) is 0 Å². The van der Waals surface area contributed by atoms with Crippen molar-refractivity contribution < 1.29 is 4.39 Å². The fraction of sp³-hybridized carbons (Fsp3) is 0.538. The fourth-order valence-corrected chi connectivity index (χ4v) is 3.04. The van der Waals surface area contributed by atoms with E-state index < -0.39 is 0 Å². The van der Waals surface area contributed by atoms with Gasteiger partial charge in [0, 0.05) is 10.5 Å². The molecule has 88 valence electrons. The van der Waals surface area contributed by atoms with E-state index in [1.54, 1.807) is 6.07 Å². The minimum Gasteiger partial charge on any atom is -0.327 e. The molecule has 16 heavy (non-hydrogen) atoms. The highest BCUT2D eigenvalue weighted by Crippen LogP contribution is 2.54. The van der Waals surface area contributed by atoms with E-state index in [1.165, 1.54) is 6.07 Å². The first-order chi connectivity index (χ1) is 7.49. The lowest BCUT2D eigenvalue weighted by Gasteiger charge is -2.53. The first-order valence-corrected chi connectivity index (χ1v) is 6.49. The van der Waals surface area contributed by atoms with Crippen LogP contribution < -0.4 is 5.73 Å². The van der Waals surface area contributed by atoms with Crippen molar-refractivity contribution >= 4 is 15.9 Å². The predicted octanol–water partition coefficient (Wildman–Crippen LogP) is 3.82. The van der Waals surface area contributed by atoms with E-state index in [0.717, 1.165) is 22.9 Å². The monoisotopic (exact) mass is 285 g/mol. The lowest BCUT2D eigenvalue weighted by Crippen LogP contribution is -2.54. The first-order valence-electron chi connectivity index (χ1n) is 5.69. The zero-order valence-electron chi connectivity index (χ0n) is 9.63. The molecule has 0 spiro atoms. The van der Waals surface area contributed by atoms with Gasteiger partial charge in [-0.2, -0.15) is 0 Å². The topological polar surface area (TPSA) is 26.0 Å². The van der Waals surface area contributed by atoms with Crippen molar-refractivity contribution in [3.63, 3.8) is 0 Å². The number of hydrogen-bond donors (Lipinski definition) is 1. The quantitative estimate of drug-likeness (QED) is 0.878. The first kappa shape index (κ1) is 12.1. The van der Waals surface area contributed by atoms with Crippen LogP contribution in [0.3, 0.4) is 0 Å². The van der Waals surface area contributed by atoms with E-state index in [0.29, 0.717) is 0 Å². The van der Waals surface area contributed by atoms with Crippen molar-refractivity contribution in [3.8, 4) is 0 Å². The highest BCUT2D eigenvalue weighted by molar-refractivity contribution is 9.10. The predicted molar refractivity (Wildman–Crippen MR) is 67.8 cm³/mol. The third kappa shape index (κ3) is 1.70. The van der Waals surface area contributed by atoms with Crippen LogP contribution in [0, 0.1) is 11.2 Å². The van der Waals surface area contributed by atoms with E-state index in [1.807, 2.05) is 6.07 Å². The Kier molecular flexibility index (Phi) is 3.10.